The molecule has 0 spiro atoms. The van der Waals surface area contributed by atoms with Crippen molar-refractivity contribution in [1.29, 1.82) is 0 Å². The molecule has 0 saturated heterocycles. The summed E-state index contributed by atoms with van der Waals surface area (Å²) >= 11 is 0. The van der Waals surface area contributed by atoms with Crippen LogP contribution >= 0.6 is 0 Å². The molecule has 1 aromatic rings. The second kappa shape index (κ2) is 10.7. The summed E-state index contributed by atoms with van der Waals surface area (Å²) < 4.78 is 40.9. The molecule has 0 aromatic carbocycles. The van der Waals surface area contributed by atoms with Crippen LogP contribution in [0.4, 0.5) is 13.2 Å². The van der Waals surface area contributed by atoms with Gasteiger partial charge in [0.1, 0.15) is 6.17 Å². The predicted molar refractivity (Wildman–Crippen MR) is 74.7 cm³/mol. The standard InChI is InChI=1S/C16H25F3N/c17-11-7-4-2-1-3-6-10-15(18)16(19)14-20-12-8-5-9-13-20/h5,8-9,12-13,15-16H,1-4,6-7,10-11,14H2/q+1. The first-order valence-corrected chi connectivity index (χ1v) is 7.52. The minimum Gasteiger partial charge on any atom is -0.251 e. The van der Waals surface area contributed by atoms with Crippen molar-refractivity contribution in [3.63, 3.8) is 0 Å². The normalized spacial score (nSPS) is 14.2. The highest BCUT2D eigenvalue weighted by Crippen LogP contribution is 2.15. The molecular weight excluding hydrogens is 263 g/mol. The number of rotatable bonds is 11. The number of hydrogen-bond donors (Lipinski definition) is 0. The molecule has 1 rings (SSSR count). The second-order valence-corrected chi connectivity index (χ2v) is 5.20. The summed E-state index contributed by atoms with van der Waals surface area (Å²) in [4.78, 5) is 0. The number of nitrogens with zero attached hydrogens (tertiary/aromatic N) is 1. The molecule has 1 aromatic heterocycles. The van der Waals surface area contributed by atoms with Crippen LogP contribution in [-0.4, -0.2) is 19.0 Å². The third-order valence-electron chi connectivity index (χ3n) is 3.42. The lowest BCUT2D eigenvalue weighted by molar-refractivity contribution is -0.702. The van der Waals surface area contributed by atoms with E-state index < -0.39 is 12.3 Å². The summed E-state index contributed by atoms with van der Waals surface area (Å²) in [7, 11) is 0. The average Bonchev–Trinajstić information content (AvgIpc) is 2.47. The van der Waals surface area contributed by atoms with E-state index in [1.54, 1.807) is 29.1 Å². The SMILES string of the molecule is FCCCCCCCCC(F)C(F)C[n+]1ccccc1. The Morgan fingerprint density at radius 3 is 2.00 bits per heavy atom. The quantitative estimate of drug-likeness (QED) is 0.421. The Kier molecular flexibility index (Phi) is 9.09. The molecule has 0 aliphatic carbocycles. The molecule has 0 fully saturated rings. The fourth-order valence-electron chi connectivity index (χ4n) is 2.19. The number of unbranched alkanes of at least 4 members (excludes halogenated alkanes) is 5. The van der Waals surface area contributed by atoms with Gasteiger partial charge in [0.15, 0.2) is 25.1 Å². The van der Waals surface area contributed by atoms with E-state index in [-0.39, 0.29) is 19.6 Å². The number of halogens is 3. The van der Waals surface area contributed by atoms with Crippen molar-refractivity contribution in [2.75, 3.05) is 6.67 Å². The van der Waals surface area contributed by atoms with Crippen molar-refractivity contribution in [3.8, 4) is 0 Å². The highest BCUT2D eigenvalue weighted by molar-refractivity contribution is 4.83. The van der Waals surface area contributed by atoms with E-state index in [1.807, 2.05) is 6.07 Å². The molecule has 4 heteroatoms. The van der Waals surface area contributed by atoms with Gasteiger partial charge in [-0.1, -0.05) is 38.2 Å². The lowest BCUT2D eigenvalue weighted by Gasteiger charge is -2.11. The van der Waals surface area contributed by atoms with Crippen LogP contribution in [0, 0.1) is 0 Å². The first kappa shape index (κ1) is 17.0. The molecule has 114 valence electrons. The van der Waals surface area contributed by atoms with Crippen LogP contribution in [0.25, 0.3) is 0 Å². The van der Waals surface area contributed by atoms with Crippen LogP contribution in [0.1, 0.15) is 44.9 Å². The van der Waals surface area contributed by atoms with Gasteiger partial charge in [0.25, 0.3) is 0 Å². The van der Waals surface area contributed by atoms with E-state index in [0.29, 0.717) is 12.8 Å². The van der Waals surface area contributed by atoms with Crippen LogP contribution in [0.2, 0.25) is 0 Å². The van der Waals surface area contributed by atoms with E-state index in [0.717, 1.165) is 25.7 Å². The Hall–Kier alpha value is -1.06. The summed E-state index contributed by atoms with van der Waals surface area (Å²) in [6.45, 7) is -0.189. The summed E-state index contributed by atoms with van der Waals surface area (Å²) in [5, 5.41) is 0. The van der Waals surface area contributed by atoms with E-state index in [4.69, 9.17) is 0 Å². The molecule has 0 bridgehead atoms. The summed E-state index contributed by atoms with van der Waals surface area (Å²) in [5.41, 5.74) is 0. The molecular formula is C16H25F3N+. The maximum absolute atomic E-state index is 13.7. The van der Waals surface area contributed by atoms with Gasteiger partial charge in [-0.3, -0.25) is 4.39 Å². The van der Waals surface area contributed by atoms with Crippen LogP contribution in [0.5, 0.6) is 0 Å². The summed E-state index contributed by atoms with van der Waals surface area (Å²) in [5.74, 6) is 0. The van der Waals surface area contributed by atoms with Crippen molar-refractivity contribution in [2.24, 2.45) is 0 Å². The molecule has 2 atom stereocenters. The van der Waals surface area contributed by atoms with Gasteiger partial charge in [0.2, 0.25) is 0 Å². The Labute approximate surface area is 119 Å². The van der Waals surface area contributed by atoms with Crippen LogP contribution in [-0.2, 0) is 6.54 Å². The van der Waals surface area contributed by atoms with Crippen LogP contribution < -0.4 is 4.57 Å². The van der Waals surface area contributed by atoms with Crippen LogP contribution in [0.15, 0.2) is 30.6 Å². The fraction of sp³-hybridized carbons (Fsp3) is 0.688. The number of pyridine rings is 1. The topological polar surface area (TPSA) is 3.88 Å². The summed E-state index contributed by atoms with van der Waals surface area (Å²) in [6, 6.07) is 5.45. The van der Waals surface area contributed by atoms with Crippen molar-refractivity contribution in [1.82, 2.24) is 0 Å². The molecule has 0 N–H and O–H groups in total. The Balaban J connectivity index is 2.08. The zero-order valence-corrected chi connectivity index (χ0v) is 12.0. The number of hydrogen-bond acceptors (Lipinski definition) is 0. The maximum Gasteiger partial charge on any atom is 0.189 e. The first-order valence-electron chi connectivity index (χ1n) is 7.52. The maximum atomic E-state index is 13.7. The predicted octanol–water partition coefficient (Wildman–Crippen LogP) is 4.35. The monoisotopic (exact) mass is 288 g/mol. The lowest BCUT2D eigenvalue weighted by Crippen LogP contribution is -2.40. The zero-order valence-electron chi connectivity index (χ0n) is 12.0. The lowest BCUT2D eigenvalue weighted by atomic mass is 10.1. The molecule has 0 saturated carbocycles. The molecule has 0 aliphatic rings. The Morgan fingerprint density at radius 1 is 0.750 bits per heavy atom. The molecule has 1 heterocycles. The van der Waals surface area contributed by atoms with Gasteiger partial charge < -0.3 is 0 Å². The van der Waals surface area contributed by atoms with Crippen molar-refractivity contribution >= 4 is 0 Å². The second-order valence-electron chi connectivity index (χ2n) is 5.20. The van der Waals surface area contributed by atoms with Gasteiger partial charge in [-0.25, -0.2) is 13.3 Å². The van der Waals surface area contributed by atoms with E-state index in [2.05, 4.69) is 0 Å². The van der Waals surface area contributed by atoms with Gasteiger partial charge in [-0.15, -0.1) is 0 Å². The molecule has 0 aliphatic heterocycles. The van der Waals surface area contributed by atoms with Crippen molar-refractivity contribution in [3.05, 3.63) is 30.6 Å². The third kappa shape index (κ3) is 7.51. The van der Waals surface area contributed by atoms with Gasteiger partial charge in [0.05, 0.1) is 6.67 Å². The molecule has 20 heavy (non-hydrogen) atoms. The largest absolute Gasteiger partial charge is 0.251 e. The van der Waals surface area contributed by atoms with E-state index in [9.17, 15) is 13.2 Å². The highest BCUT2D eigenvalue weighted by Gasteiger charge is 2.23. The van der Waals surface area contributed by atoms with Gasteiger partial charge in [0, 0.05) is 12.1 Å². The average molecular weight is 288 g/mol. The van der Waals surface area contributed by atoms with Gasteiger partial charge in [-0.2, -0.15) is 0 Å². The molecule has 0 radical (unpaired) electrons. The number of alkyl halides is 3. The minimum absolute atomic E-state index is 0.0680. The van der Waals surface area contributed by atoms with Crippen molar-refractivity contribution < 1.29 is 17.7 Å². The third-order valence-corrected chi connectivity index (χ3v) is 3.42. The Bertz CT molecular complexity index is 332. The van der Waals surface area contributed by atoms with Gasteiger partial charge >= 0.3 is 0 Å². The zero-order chi connectivity index (χ0) is 14.6. The fourth-order valence-corrected chi connectivity index (χ4v) is 2.19. The highest BCUT2D eigenvalue weighted by atomic mass is 19.2. The van der Waals surface area contributed by atoms with Crippen molar-refractivity contribution in [2.45, 2.75) is 63.8 Å². The molecule has 1 nitrogen and oxygen atoms in total. The molecule has 2 unspecified atom stereocenters. The Morgan fingerprint density at radius 2 is 1.35 bits per heavy atom. The minimum atomic E-state index is -1.45. The van der Waals surface area contributed by atoms with Gasteiger partial charge in [-0.05, 0) is 12.8 Å². The number of aromatic nitrogens is 1. The van der Waals surface area contributed by atoms with E-state index >= 15 is 0 Å². The smallest absolute Gasteiger partial charge is 0.189 e. The summed E-state index contributed by atoms with van der Waals surface area (Å²) in [6.07, 6.45) is 6.00. The molecule has 0 amide bonds. The van der Waals surface area contributed by atoms with Crippen LogP contribution in [0.3, 0.4) is 0 Å². The van der Waals surface area contributed by atoms with E-state index in [1.165, 1.54) is 0 Å². The first-order chi connectivity index (χ1) is 9.74.